The van der Waals surface area contributed by atoms with E-state index in [2.05, 4.69) is 5.32 Å². The maximum atomic E-state index is 14.2. The summed E-state index contributed by atoms with van der Waals surface area (Å²) in [5.74, 6) is -0.856. The number of aromatic nitrogens is 1. The molecule has 1 unspecified atom stereocenters. The number of benzene rings is 4. The first-order valence-corrected chi connectivity index (χ1v) is 15.8. The van der Waals surface area contributed by atoms with Crippen molar-refractivity contribution in [1.29, 1.82) is 0 Å². The average molecular weight is 668 g/mol. The van der Waals surface area contributed by atoms with E-state index in [4.69, 9.17) is 19.2 Å². The Hall–Kier alpha value is -5.55. The van der Waals surface area contributed by atoms with Gasteiger partial charge >= 0.3 is 0 Å². The molecule has 1 N–H and O–H groups in total. The molecule has 1 aromatic heterocycles. The number of hydrogen-bond acceptors (Lipinski definition) is 7. The minimum absolute atomic E-state index is 0.0648. The summed E-state index contributed by atoms with van der Waals surface area (Å²) in [7, 11) is 3.07. The molecule has 0 radical (unpaired) electrons. The number of carbonyl (C=O) groups excluding carboxylic acids is 1. The summed E-state index contributed by atoms with van der Waals surface area (Å²) in [5, 5.41) is 3.01. The lowest BCUT2D eigenvalue weighted by Gasteiger charge is -2.25. The van der Waals surface area contributed by atoms with Crippen molar-refractivity contribution in [1.82, 2.24) is 4.57 Å². The molecule has 244 valence electrons. The van der Waals surface area contributed by atoms with Crippen molar-refractivity contribution in [3.8, 4) is 17.2 Å². The molecule has 0 spiro atoms. The smallest absolute Gasteiger partial charge is 0.271 e. The number of thiazole rings is 1. The number of hydrogen-bond donors (Lipinski definition) is 1. The second-order valence-electron chi connectivity index (χ2n) is 11.1. The predicted molar refractivity (Wildman–Crippen MR) is 180 cm³/mol. The number of nitrogens with zero attached hydrogens (tertiary/aromatic N) is 2. The van der Waals surface area contributed by atoms with Crippen LogP contribution in [0.3, 0.4) is 0 Å². The number of anilines is 1. The SMILES string of the molecule is COc1ccc(C2C(C(=O)Nc3ccccc3C)=C(C)N=c3s/c(=C/c4ccc(OC)c(COc5ccc(F)cc5F)c4)c(=O)n32)cc1. The Bertz CT molecular complexity index is 2240. The molecular weight excluding hydrogens is 636 g/mol. The molecule has 0 saturated heterocycles. The van der Waals surface area contributed by atoms with Crippen LogP contribution in [0.5, 0.6) is 17.2 Å². The number of methoxy groups -OCH3 is 2. The topological polar surface area (TPSA) is 91.2 Å². The van der Waals surface area contributed by atoms with E-state index in [1.807, 2.05) is 43.3 Å². The molecule has 0 aliphatic carbocycles. The van der Waals surface area contributed by atoms with Gasteiger partial charge in [0.2, 0.25) is 0 Å². The van der Waals surface area contributed by atoms with Crippen LogP contribution < -0.4 is 34.4 Å². The van der Waals surface area contributed by atoms with Crippen molar-refractivity contribution in [2.75, 3.05) is 19.5 Å². The Labute approximate surface area is 278 Å². The largest absolute Gasteiger partial charge is 0.497 e. The van der Waals surface area contributed by atoms with E-state index in [0.717, 1.165) is 17.7 Å². The standard InChI is InChI=1S/C37H31F2N3O5S/c1-21-7-5-6-8-29(21)41-35(43)33-22(2)40-37-42(34(33)24-10-13-27(45-3)14-11-24)36(44)32(48-37)18-23-9-15-30(46-4)25(17-23)20-47-31-16-12-26(38)19-28(31)39/h5-19,34H,20H2,1-4H3,(H,41,43)/b32-18+. The first-order valence-electron chi connectivity index (χ1n) is 14.9. The van der Waals surface area contributed by atoms with Crippen LogP contribution in [-0.4, -0.2) is 24.7 Å². The lowest BCUT2D eigenvalue weighted by molar-refractivity contribution is -0.113. The number of amides is 1. The van der Waals surface area contributed by atoms with Crippen molar-refractivity contribution < 1.29 is 27.8 Å². The molecule has 1 amide bonds. The molecule has 1 aliphatic heterocycles. The van der Waals surface area contributed by atoms with Gasteiger partial charge in [0.1, 0.15) is 23.9 Å². The first-order chi connectivity index (χ1) is 23.2. The third-order valence-electron chi connectivity index (χ3n) is 7.97. The molecule has 0 saturated carbocycles. The summed E-state index contributed by atoms with van der Waals surface area (Å²) < 4.78 is 46.0. The van der Waals surface area contributed by atoms with Crippen LogP contribution in [0, 0.1) is 18.6 Å². The zero-order chi connectivity index (χ0) is 33.9. The minimum Gasteiger partial charge on any atom is -0.497 e. The average Bonchev–Trinajstić information content (AvgIpc) is 3.38. The number of fused-ring (bicyclic) bond motifs is 1. The molecule has 5 aromatic rings. The molecule has 1 aliphatic rings. The van der Waals surface area contributed by atoms with Crippen LogP contribution in [0.2, 0.25) is 0 Å². The molecule has 48 heavy (non-hydrogen) atoms. The Kier molecular flexibility index (Phi) is 9.22. The summed E-state index contributed by atoms with van der Waals surface area (Å²) in [6.07, 6.45) is 1.72. The second kappa shape index (κ2) is 13.7. The fraction of sp³-hybridized carbons (Fsp3) is 0.162. The molecule has 8 nitrogen and oxygen atoms in total. The van der Waals surface area contributed by atoms with Gasteiger partial charge in [0.15, 0.2) is 16.4 Å². The van der Waals surface area contributed by atoms with Crippen LogP contribution in [0.15, 0.2) is 106 Å². The van der Waals surface area contributed by atoms with Crippen LogP contribution in [0.25, 0.3) is 6.08 Å². The van der Waals surface area contributed by atoms with Gasteiger partial charge in [0.25, 0.3) is 11.5 Å². The Balaban J connectivity index is 1.41. The third-order valence-corrected chi connectivity index (χ3v) is 8.95. The zero-order valence-corrected chi connectivity index (χ0v) is 27.4. The van der Waals surface area contributed by atoms with E-state index in [9.17, 15) is 18.4 Å². The summed E-state index contributed by atoms with van der Waals surface area (Å²) in [6, 6.07) is 22.3. The van der Waals surface area contributed by atoms with Gasteiger partial charge in [-0.05, 0) is 79.1 Å². The van der Waals surface area contributed by atoms with Crippen LogP contribution in [0.1, 0.15) is 35.2 Å². The van der Waals surface area contributed by atoms with Crippen molar-refractivity contribution >= 4 is 29.0 Å². The van der Waals surface area contributed by atoms with Crippen molar-refractivity contribution in [3.05, 3.63) is 150 Å². The van der Waals surface area contributed by atoms with Crippen molar-refractivity contribution in [2.45, 2.75) is 26.5 Å². The summed E-state index contributed by atoms with van der Waals surface area (Å²) >= 11 is 1.21. The van der Waals surface area contributed by atoms with Gasteiger partial charge in [-0.3, -0.25) is 14.2 Å². The van der Waals surface area contributed by atoms with Gasteiger partial charge in [-0.25, -0.2) is 13.8 Å². The molecule has 11 heteroatoms. The zero-order valence-electron chi connectivity index (χ0n) is 26.5. The summed E-state index contributed by atoms with van der Waals surface area (Å²) in [4.78, 5) is 33.3. The minimum atomic E-state index is -0.820. The van der Waals surface area contributed by atoms with E-state index >= 15 is 0 Å². The number of halogens is 2. The van der Waals surface area contributed by atoms with E-state index in [-0.39, 0.29) is 23.8 Å². The number of nitrogens with one attached hydrogen (secondary N) is 1. The van der Waals surface area contributed by atoms with Crippen molar-refractivity contribution in [2.24, 2.45) is 4.99 Å². The fourth-order valence-electron chi connectivity index (χ4n) is 5.52. The Morgan fingerprint density at radius 2 is 1.71 bits per heavy atom. The monoisotopic (exact) mass is 667 g/mol. The van der Waals surface area contributed by atoms with Gasteiger partial charge in [-0.2, -0.15) is 0 Å². The Morgan fingerprint density at radius 3 is 2.42 bits per heavy atom. The molecule has 6 rings (SSSR count). The molecular formula is C37H31F2N3O5S. The predicted octanol–water partition coefficient (Wildman–Crippen LogP) is 6.06. The third kappa shape index (κ3) is 6.50. The maximum Gasteiger partial charge on any atom is 0.271 e. The highest BCUT2D eigenvalue weighted by atomic mass is 32.1. The lowest BCUT2D eigenvalue weighted by Crippen LogP contribution is -2.40. The molecule has 4 aromatic carbocycles. The van der Waals surface area contributed by atoms with E-state index < -0.39 is 17.7 Å². The van der Waals surface area contributed by atoms with Gasteiger partial charge in [-0.15, -0.1) is 0 Å². The number of para-hydroxylation sites is 1. The highest BCUT2D eigenvalue weighted by Crippen LogP contribution is 2.32. The molecule has 0 bridgehead atoms. The number of ether oxygens (including phenoxy) is 3. The van der Waals surface area contributed by atoms with Gasteiger partial charge in [-0.1, -0.05) is 47.7 Å². The van der Waals surface area contributed by atoms with E-state index in [1.54, 1.807) is 55.0 Å². The molecule has 1 atom stereocenters. The lowest BCUT2D eigenvalue weighted by atomic mass is 9.95. The van der Waals surface area contributed by atoms with Gasteiger partial charge in [0, 0.05) is 17.3 Å². The molecule has 2 heterocycles. The highest BCUT2D eigenvalue weighted by molar-refractivity contribution is 7.07. The van der Waals surface area contributed by atoms with E-state index in [0.29, 0.717) is 54.5 Å². The quantitative estimate of drug-likeness (QED) is 0.207. The summed E-state index contributed by atoms with van der Waals surface area (Å²) in [5.41, 5.74) is 4.04. The highest BCUT2D eigenvalue weighted by Gasteiger charge is 2.32. The number of aryl methyl sites for hydroxylation is 1. The van der Waals surface area contributed by atoms with Crippen molar-refractivity contribution in [3.63, 3.8) is 0 Å². The van der Waals surface area contributed by atoms with Crippen LogP contribution in [0.4, 0.5) is 14.5 Å². The van der Waals surface area contributed by atoms with Crippen LogP contribution in [-0.2, 0) is 11.4 Å². The fourth-order valence-corrected chi connectivity index (χ4v) is 6.56. The summed E-state index contributed by atoms with van der Waals surface area (Å²) in [6.45, 7) is 3.61. The second-order valence-corrected chi connectivity index (χ2v) is 12.1. The van der Waals surface area contributed by atoms with Gasteiger partial charge < -0.3 is 19.5 Å². The Morgan fingerprint density at radius 1 is 0.958 bits per heavy atom. The normalized spacial score (nSPS) is 14.3. The first kappa shape index (κ1) is 32.4. The molecule has 0 fully saturated rings. The number of allylic oxidation sites excluding steroid dienone is 1. The van der Waals surface area contributed by atoms with E-state index in [1.165, 1.54) is 24.5 Å². The van der Waals surface area contributed by atoms with Gasteiger partial charge in [0.05, 0.1) is 36.1 Å². The van der Waals surface area contributed by atoms with Crippen LogP contribution >= 0.6 is 11.3 Å². The number of carbonyl (C=O) groups is 1. The number of rotatable bonds is 9. The maximum absolute atomic E-state index is 14.2.